The molecule has 2 rings (SSSR count). The van der Waals surface area contributed by atoms with E-state index < -0.39 is 0 Å². The fourth-order valence-corrected chi connectivity index (χ4v) is 1.92. The van der Waals surface area contributed by atoms with Gasteiger partial charge < -0.3 is 5.73 Å². The maximum Gasteiger partial charge on any atom is 0.0292 e. The lowest BCUT2D eigenvalue weighted by Gasteiger charge is -2.30. The molecule has 0 radical (unpaired) electrons. The predicted octanol–water partition coefficient (Wildman–Crippen LogP) is 2.40. The molecule has 1 aliphatic carbocycles. The van der Waals surface area contributed by atoms with E-state index in [0.717, 1.165) is 6.42 Å². The monoisotopic (exact) mass is 185 g/mol. The largest absolute Gasteiger partial charge is 0.329 e. The smallest absolute Gasteiger partial charge is 0.0292 e. The number of rotatable bonds is 2. The van der Waals surface area contributed by atoms with Gasteiger partial charge in [0.05, 0.1) is 0 Å². The molecule has 72 valence electrons. The van der Waals surface area contributed by atoms with Crippen molar-refractivity contribution in [1.82, 2.24) is 0 Å². The lowest BCUT2D eigenvalue weighted by Crippen LogP contribution is -2.33. The van der Waals surface area contributed by atoms with Crippen molar-refractivity contribution >= 4 is 0 Å². The summed E-state index contributed by atoms with van der Waals surface area (Å²) in [5, 5.41) is 0. The molecule has 1 nitrogen and oxygen atoms in total. The standard InChI is InChI=1S/C13H15N/c14-11-13(9-5-2-6-10-13)12-7-3-1-4-8-12/h1-9H,10-11,14H2. The summed E-state index contributed by atoms with van der Waals surface area (Å²) in [5.41, 5.74) is 7.22. The molecule has 1 atom stereocenters. The molecule has 0 amide bonds. The van der Waals surface area contributed by atoms with Crippen molar-refractivity contribution in [2.24, 2.45) is 5.73 Å². The van der Waals surface area contributed by atoms with Gasteiger partial charge in [-0.15, -0.1) is 0 Å². The van der Waals surface area contributed by atoms with Crippen LogP contribution in [-0.2, 0) is 5.41 Å². The highest BCUT2D eigenvalue weighted by Crippen LogP contribution is 2.31. The molecule has 0 aliphatic heterocycles. The van der Waals surface area contributed by atoms with Crippen molar-refractivity contribution in [1.29, 1.82) is 0 Å². The van der Waals surface area contributed by atoms with Crippen molar-refractivity contribution in [2.45, 2.75) is 11.8 Å². The van der Waals surface area contributed by atoms with Gasteiger partial charge in [-0.1, -0.05) is 54.6 Å². The summed E-state index contributed by atoms with van der Waals surface area (Å²) in [6, 6.07) is 10.5. The number of hydrogen-bond acceptors (Lipinski definition) is 1. The minimum Gasteiger partial charge on any atom is -0.329 e. The Kier molecular flexibility index (Phi) is 2.51. The maximum atomic E-state index is 5.89. The molecule has 14 heavy (non-hydrogen) atoms. The first kappa shape index (κ1) is 9.22. The number of hydrogen-bond donors (Lipinski definition) is 1. The van der Waals surface area contributed by atoms with Crippen LogP contribution in [0.1, 0.15) is 12.0 Å². The van der Waals surface area contributed by atoms with Crippen LogP contribution in [0.2, 0.25) is 0 Å². The molecule has 1 heteroatoms. The SMILES string of the molecule is NCC1(c2ccccc2)C=CC=CC1. The summed E-state index contributed by atoms with van der Waals surface area (Å²) >= 11 is 0. The van der Waals surface area contributed by atoms with Crippen LogP contribution < -0.4 is 5.73 Å². The molecular formula is C13H15N. The Hall–Kier alpha value is -1.34. The molecule has 1 aromatic carbocycles. The van der Waals surface area contributed by atoms with Gasteiger partial charge in [-0.2, -0.15) is 0 Å². The minimum absolute atomic E-state index is 0.0238. The zero-order valence-electron chi connectivity index (χ0n) is 8.19. The van der Waals surface area contributed by atoms with Crippen LogP contribution in [0.5, 0.6) is 0 Å². The third-order valence-electron chi connectivity index (χ3n) is 2.86. The third kappa shape index (κ3) is 1.51. The van der Waals surface area contributed by atoms with Gasteiger partial charge in [-0.05, 0) is 12.0 Å². The summed E-state index contributed by atoms with van der Waals surface area (Å²) in [4.78, 5) is 0. The van der Waals surface area contributed by atoms with Gasteiger partial charge in [0.25, 0.3) is 0 Å². The van der Waals surface area contributed by atoms with Gasteiger partial charge in [0, 0.05) is 12.0 Å². The van der Waals surface area contributed by atoms with E-state index in [-0.39, 0.29) is 5.41 Å². The number of allylic oxidation sites excluding steroid dienone is 3. The highest BCUT2D eigenvalue weighted by atomic mass is 14.6. The molecule has 1 aromatic rings. The fourth-order valence-electron chi connectivity index (χ4n) is 1.92. The van der Waals surface area contributed by atoms with Crippen molar-refractivity contribution < 1.29 is 0 Å². The topological polar surface area (TPSA) is 26.0 Å². The van der Waals surface area contributed by atoms with E-state index in [2.05, 4.69) is 48.6 Å². The predicted molar refractivity (Wildman–Crippen MR) is 60.1 cm³/mol. The van der Waals surface area contributed by atoms with Crippen molar-refractivity contribution in [3.05, 3.63) is 60.2 Å². The second kappa shape index (κ2) is 3.81. The van der Waals surface area contributed by atoms with Crippen LogP contribution >= 0.6 is 0 Å². The molecule has 0 aromatic heterocycles. The minimum atomic E-state index is 0.0238. The average Bonchev–Trinajstić information content (AvgIpc) is 2.31. The van der Waals surface area contributed by atoms with Gasteiger partial charge in [-0.25, -0.2) is 0 Å². The zero-order valence-corrected chi connectivity index (χ0v) is 8.19. The molecule has 0 saturated carbocycles. The highest BCUT2D eigenvalue weighted by Gasteiger charge is 2.27. The zero-order chi connectivity index (χ0) is 9.86. The van der Waals surface area contributed by atoms with E-state index in [1.54, 1.807) is 0 Å². The molecule has 2 N–H and O–H groups in total. The first-order valence-electron chi connectivity index (χ1n) is 4.97. The summed E-state index contributed by atoms with van der Waals surface area (Å²) in [6.07, 6.45) is 9.56. The molecule has 1 aliphatic rings. The number of benzene rings is 1. The lowest BCUT2D eigenvalue weighted by atomic mass is 9.75. The van der Waals surface area contributed by atoms with Crippen molar-refractivity contribution in [2.75, 3.05) is 6.54 Å². The lowest BCUT2D eigenvalue weighted by molar-refractivity contribution is 0.550. The van der Waals surface area contributed by atoms with Crippen LogP contribution in [0.25, 0.3) is 0 Å². The summed E-state index contributed by atoms with van der Waals surface area (Å²) < 4.78 is 0. The van der Waals surface area contributed by atoms with Gasteiger partial charge in [0.2, 0.25) is 0 Å². The normalized spacial score (nSPS) is 25.2. The summed E-state index contributed by atoms with van der Waals surface area (Å²) in [7, 11) is 0. The first-order chi connectivity index (χ1) is 6.87. The molecule has 0 saturated heterocycles. The van der Waals surface area contributed by atoms with E-state index >= 15 is 0 Å². The Balaban J connectivity index is 2.39. The van der Waals surface area contributed by atoms with Gasteiger partial charge in [0.15, 0.2) is 0 Å². The van der Waals surface area contributed by atoms with Gasteiger partial charge in [-0.3, -0.25) is 0 Å². The molecule has 0 spiro atoms. The Morgan fingerprint density at radius 3 is 2.50 bits per heavy atom. The highest BCUT2D eigenvalue weighted by molar-refractivity contribution is 5.36. The second-order valence-corrected chi connectivity index (χ2v) is 3.72. The van der Waals surface area contributed by atoms with E-state index in [4.69, 9.17) is 5.73 Å². The fraction of sp³-hybridized carbons (Fsp3) is 0.231. The van der Waals surface area contributed by atoms with E-state index in [1.165, 1.54) is 5.56 Å². The van der Waals surface area contributed by atoms with Crippen molar-refractivity contribution in [3.8, 4) is 0 Å². The van der Waals surface area contributed by atoms with Crippen LogP contribution in [0.15, 0.2) is 54.6 Å². The molecule has 0 heterocycles. The molecule has 1 unspecified atom stereocenters. The van der Waals surface area contributed by atoms with Gasteiger partial charge in [0.1, 0.15) is 0 Å². The quantitative estimate of drug-likeness (QED) is 0.752. The number of nitrogens with two attached hydrogens (primary N) is 1. The summed E-state index contributed by atoms with van der Waals surface area (Å²) in [5.74, 6) is 0. The Labute approximate surface area is 84.9 Å². The first-order valence-corrected chi connectivity index (χ1v) is 4.97. The van der Waals surface area contributed by atoms with Crippen LogP contribution in [0.4, 0.5) is 0 Å². The van der Waals surface area contributed by atoms with E-state index in [9.17, 15) is 0 Å². The third-order valence-corrected chi connectivity index (χ3v) is 2.86. The molecule has 0 bridgehead atoms. The molecule has 0 fully saturated rings. The summed E-state index contributed by atoms with van der Waals surface area (Å²) in [6.45, 7) is 0.665. The van der Waals surface area contributed by atoms with E-state index in [0.29, 0.717) is 6.54 Å². The average molecular weight is 185 g/mol. The Morgan fingerprint density at radius 1 is 1.14 bits per heavy atom. The molecular weight excluding hydrogens is 170 g/mol. The Morgan fingerprint density at radius 2 is 1.93 bits per heavy atom. The maximum absolute atomic E-state index is 5.89. The van der Waals surface area contributed by atoms with Crippen LogP contribution in [0, 0.1) is 0 Å². The van der Waals surface area contributed by atoms with Gasteiger partial charge >= 0.3 is 0 Å². The second-order valence-electron chi connectivity index (χ2n) is 3.72. The van der Waals surface area contributed by atoms with Crippen LogP contribution in [0.3, 0.4) is 0 Å². The van der Waals surface area contributed by atoms with E-state index in [1.807, 2.05) is 6.07 Å². The van der Waals surface area contributed by atoms with Crippen molar-refractivity contribution in [3.63, 3.8) is 0 Å². The Bertz CT molecular complexity index is 351. The van der Waals surface area contributed by atoms with Crippen LogP contribution in [-0.4, -0.2) is 6.54 Å².